The number of amides is 1. The summed E-state index contributed by atoms with van der Waals surface area (Å²) in [6, 6.07) is 21.0. The van der Waals surface area contributed by atoms with Crippen molar-refractivity contribution in [3.05, 3.63) is 89.2 Å². The van der Waals surface area contributed by atoms with Crippen molar-refractivity contribution in [2.75, 3.05) is 19.6 Å². The van der Waals surface area contributed by atoms with Gasteiger partial charge in [-0.25, -0.2) is 0 Å². The van der Waals surface area contributed by atoms with Gasteiger partial charge in [0.05, 0.1) is 11.6 Å². The fraction of sp³-hybridized carbons (Fsp3) is 0.414. The van der Waals surface area contributed by atoms with E-state index in [0.29, 0.717) is 0 Å². The molecule has 0 bridgehead atoms. The van der Waals surface area contributed by atoms with E-state index < -0.39 is 0 Å². The van der Waals surface area contributed by atoms with Crippen LogP contribution in [0.5, 0.6) is 5.75 Å². The summed E-state index contributed by atoms with van der Waals surface area (Å²) in [4.78, 5) is 18.1. The monoisotopic (exact) mass is 457 g/mol. The van der Waals surface area contributed by atoms with Gasteiger partial charge in [0.2, 0.25) is 0 Å². The number of hydrogen-bond acceptors (Lipinski definition) is 3. The van der Waals surface area contributed by atoms with Gasteiger partial charge in [-0.05, 0) is 75.1 Å². The second-order valence-corrected chi connectivity index (χ2v) is 9.96. The lowest BCUT2D eigenvalue weighted by Crippen LogP contribution is -2.57. The molecule has 34 heavy (non-hydrogen) atoms. The van der Waals surface area contributed by atoms with E-state index in [0.717, 1.165) is 62.4 Å². The number of carbonyl (C=O) groups is 1. The highest BCUT2D eigenvalue weighted by Gasteiger charge is 2.45. The molecule has 1 fully saturated rings. The Morgan fingerprint density at radius 3 is 2.44 bits per heavy atom. The minimum atomic E-state index is -0.0285. The molecule has 2 aliphatic rings. The highest BCUT2D eigenvalue weighted by molar-refractivity contribution is 5.94. The van der Waals surface area contributed by atoms with Crippen molar-refractivity contribution in [1.29, 1.82) is 0 Å². The molecule has 3 heterocycles. The largest absolute Gasteiger partial charge is 0.491 e. The quantitative estimate of drug-likeness (QED) is 0.526. The summed E-state index contributed by atoms with van der Waals surface area (Å²) in [5.74, 6) is 0.971. The number of likely N-dealkylation sites (tertiary alicyclic amines) is 1. The third-order valence-electron chi connectivity index (χ3n) is 7.40. The molecule has 0 aliphatic carbocycles. The SMILES string of the molecule is Cc1cc(C(=O)N2CCC3(CC2)c2cccn2CCN3Cc2ccccc2)ccc1OC(C)C. The average Bonchev–Trinajstić information content (AvgIpc) is 3.33. The van der Waals surface area contributed by atoms with Gasteiger partial charge >= 0.3 is 0 Å². The van der Waals surface area contributed by atoms with Crippen LogP contribution in [0.4, 0.5) is 0 Å². The number of ether oxygens (including phenoxy) is 1. The molecule has 5 heteroatoms. The lowest BCUT2D eigenvalue weighted by Gasteiger charge is -2.52. The molecule has 5 rings (SSSR count). The number of rotatable bonds is 5. The van der Waals surface area contributed by atoms with Crippen LogP contribution in [0.3, 0.4) is 0 Å². The Morgan fingerprint density at radius 1 is 0.971 bits per heavy atom. The first-order valence-corrected chi connectivity index (χ1v) is 12.5. The van der Waals surface area contributed by atoms with Crippen molar-refractivity contribution in [3.63, 3.8) is 0 Å². The minimum absolute atomic E-state index is 0.0285. The standard InChI is InChI=1S/C29H35N3O2/c1-22(2)34-26-12-11-25(20-23(26)3)28(33)31-16-13-29(14-17-31)27-10-7-15-30(27)18-19-32(29)21-24-8-5-4-6-9-24/h4-12,15,20,22H,13-14,16-19,21H2,1-3H3. The summed E-state index contributed by atoms with van der Waals surface area (Å²) in [5, 5.41) is 0. The van der Waals surface area contributed by atoms with E-state index in [1.807, 2.05) is 43.9 Å². The number of nitrogens with zero attached hydrogens (tertiary/aromatic N) is 3. The van der Waals surface area contributed by atoms with E-state index in [1.54, 1.807) is 0 Å². The summed E-state index contributed by atoms with van der Waals surface area (Å²) < 4.78 is 8.27. The molecule has 0 radical (unpaired) electrons. The van der Waals surface area contributed by atoms with Gasteiger partial charge in [0, 0.05) is 50.2 Å². The van der Waals surface area contributed by atoms with E-state index in [4.69, 9.17) is 4.74 Å². The molecule has 5 nitrogen and oxygen atoms in total. The Bertz CT molecular complexity index is 1140. The molecule has 3 aromatic rings. The summed E-state index contributed by atoms with van der Waals surface area (Å²) in [7, 11) is 0. The molecular formula is C29H35N3O2. The fourth-order valence-corrected chi connectivity index (χ4v) is 5.67. The first-order valence-electron chi connectivity index (χ1n) is 12.5. The van der Waals surface area contributed by atoms with Crippen LogP contribution in [-0.4, -0.2) is 46.0 Å². The highest BCUT2D eigenvalue weighted by atomic mass is 16.5. The van der Waals surface area contributed by atoms with Crippen molar-refractivity contribution in [1.82, 2.24) is 14.4 Å². The second-order valence-electron chi connectivity index (χ2n) is 9.96. The molecule has 1 spiro atoms. The molecule has 2 aromatic carbocycles. The van der Waals surface area contributed by atoms with Gasteiger partial charge in [0.25, 0.3) is 5.91 Å². The van der Waals surface area contributed by atoms with Gasteiger partial charge in [0.15, 0.2) is 0 Å². The number of carbonyl (C=O) groups excluding carboxylic acids is 1. The predicted molar refractivity (Wildman–Crippen MR) is 135 cm³/mol. The van der Waals surface area contributed by atoms with Crippen LogP contribution < -0.4 is 4.74 Å². The maximum atomic E-state index is 13.4. The number of aromatic nitrogens is 1. The molecule has 178 valence electrons. The molecule has 0 unspecified atom stereocenters. The van der Waals surface area contributed by atoms with E-state index in [2.05, 4.69) is 58.1 Å². The Hall–Kier alpha value is -3.05. The fourth-order valence-electron chi connectivity index (χ4n) is 5.67. The first kappa shape index (κ1) is 22.7. The minimum Gasteiger partial charge on any atom is -0.491 e. The van der Waals surface area contributed by atoms with Crippen LogP contribution in [0, 0.1) is 6.92 Å². The number of piperidine rings is 1. The summed E-state index contributed by atoms with van der Waals surface area (Å²) in [6.07, 6.45) is 4.22. The molecule has 2 aliphatic heterocycles. The summed E-state index contributed by atoms with van der Waals surface area (Å²) in [6.45, 7) is 10.6. The molecule has 1 saturated heterocycles. The zero-order valence-electron chi connectivity index (χ0n) is 20.5. The van der Waals surface area contributed by atoms with E-state index in [9.17, 15) is 4.79 Å². The Balaban J connectivity index is 1.35. The zero-order chi connectivity index (χ0) is 23.7. The van der Waals surface area contributed by atoms with E-state index in [-0.39, 0.29) is 17.6 Å². The van der Waals surface area contributed by atoms with Gasteiger partial charge in [-0.2, -0.15) is 0 Å². The molecule has 0 saturated carbocycles. The van der Waals surface area contributed by atoms with Gasteiger partial charge < -0.3 is 14.2 Å². The van der Waals surface area contributed by atoms with Crippen LogP contribution in [0.15, 0.2) is 66.9 Å². The molecular weight excluding hydrogens is 422 g/mol. The van der Waals surface area contributed by atoms with Gasteiger partial charge in [-0.1, -0.05) is 30.3 Å². The maximum absolute atomic E-state index is 13.4. The first-order chi connectivity index (χ1) is 16.5. The summed E-state index contributed by atoms with van der Waals surface area (Å²) >= 11 is 0. The summed E-state index contributed by atoms with van der Waals surface area (Å²) in [5.41, 5.74) is 4.47. The maximum Gasteiger partial charge on any atom is 0.253 e. The third kappa shape index (κ3) is 4.25. The number of aryl methyl sites for hydroxylation is 1. The van der Waals surface area contributed by atoms with Crippen molar-refractivity contribution in [2.24, 2.45) is 0 Å². The Morgan fingerprint density at radius 2 is 1.74 bits per heavy atom. The topological polar surface area (TPSA) is 37.7 Å². The van der Waals surface area contributed by atoms with Gasteiger partial charge in [-0.15, -0.1) is 0 Å². The van der Waals surface area contributed by atoms with E-state index >= 15 is 0 Å². The number of hydrogen-bond donors (Lipinski definition) is 0. The normalized spacial score (nSPS) is 17.7. The molecule has 1 aromatic heterocycles. The zero-order valence-corrected chi connectivity index (χ0v) is 20.5. The third-order valence-corrected chi connectivity index (χ3v) is 7.40. The van der Waals surface area contributed by atoms with Crippen molar-refractivity contribution in [3.8, 4) is 5.75 Å². The molecule has 1 amide bonds. The highest BCUT2D eigenvalue weighted by Crippen LogP contribution is 2.42. The Labute approximate surface area is 202 Å². The van der Waals surface area contributed by atoms with Crippen LogP contribution in [0.1, 0.15) is 53.9 Å². The van der Waals surface area contributed by atoms with Crippen LogP contribution in [0.2, 0.25) is 0 Å². The van der Waals surface area contributed by atoms with Crippen LogP contribution in [-0.2, 0) is 18.6 Å². The van der Waals surface area contributed by atoms with Crippen molar-refractivity contribution in [2.45, 2.75) is 58.3 Å². The van der Waals surface area contributed by atoms with Crippen molar-refractivity contribution < 1.29 is 9.53 Å². The number of fused-ring (bicyclic) bond motifs is 2. The average molecular weight is 458 g/mol. The lowest BCUT2D eigenvalue weighted by atomic mass is 9.80. The smallest absolute Gasteiger partial charge is 0.253 e. The molecule has 0 N–H and O–H groups in total. The molecule has 0 atom stereocenters. The van der Waals surface area contributed by atoms with Gasteiger partial charge in [0.1, 0.15) is 5.75 Å². The second kappa shape index (κ2) is 9.30. The Kier molecular flexibility index (Phi) is 6.22. The van der Waals surface area contributed by atoms with Gasteiger partial charge in [-0.3, -0.25) is 9.69 Å². The van der Waals surface area contributed by atoms with Crippen LogP contribution in [0.25, 0.3) is 0 Å². The predicted octanol–water partition coefficient (Wildman–Crippen LogP) is 5.23. The van der Waals surface area contributed by atoms with E-state index in [1.165, 1.54) is 11.3 Å². The van der Waals surface area contributed by atoms with Crippen LogP contribution >= 0.6 is 0 Å². The van der Waals surface area contributed by atoms with Crippen molar-refractivity contribution >= 4 is 5.91 Å². The number of benzene rings is 2. The lowest BCUT2D eigenvalue weighted by molar-refractivity contribution is -0.00886.